The van der Waals surface area contributed by atoms with Crippen LogP contribution in [-0.2, 0) is 16.1 Å². The minimum Gasteiger partial charge on any atom is -0.379 e. The zero-order valence-corrected chi connectivity index (χ0v) is 18.7. The highest BCUT2D eigenvalue weighted by Crippen LogP contribution is 2.24. The van der Waals surface area contributed by atoms with Crippen molar-refractivity contribution in [1.82, 2.24) is 10.2 Å². The van der Waals surface area contributed by atoms with Gasteiger partial charge in [0, 0.05) is 36.3 Å². The monoisotopic (exact) mass is 454 g/mol. The largest absolute Gasteiger partial charge is 0.379 e. The molecule has 1 fully saturated rings. The molecular formula is C27H26N4O3. The van der Waals surface area contributed by atoms with E-state index in [1.165, 1.54) is 0 Å². The van der Waals surface area contributed by atoms with Gasteiger partial charge in [-0.3, -0.25) is 14.5 Å². The molecule has 34 heavy (non-hydrogen) atoms. The van der Waals surface area contributed by atoms with Gasteiger partial charge in [-0.25, -0.2) is 4.99 Å². The summed E-state index contributed by atoms with van der Waals surface area (Å²) in [7, 11) is 0. The molecule has 2 aliphatic rings. The number of anilines is 1. The number of benzodiazepines with no additional fused rings is 1. The van der Waals surface area contributed by atoms with Gasteiger partial charge in [-0.05, 0) is 17.7 Å². The number of carbonyl (C=O) groups is 2. The number of fused-ring (bicyclic) bond motifs is 1. The predicted molar refractivity (Wildman–Crippen MR) is 131 cm³/mol. The van der Waals surface area contributed by atoms with Gasteiger partial charge in [-0.15, -0.1) is 0 Å². The van der Waals surface area contributed by atoms with E-state index in [-0.39, 0.29) is 11.8 Å². The Balaban J connectivity index is 1.44. The molecule has 1 atom stereocenters. The van der Waals surface area contributed by atoms with E-state index in [1.54, 1.807) is 6.07 Å². The van der Waals surface area contributed by atoms with Crippen LogP contribution in [0.3, 0.4) is 0 Å². The number of hydrogen-bond donors (Lipinski definition) is 2. The number of hydrogen-bond acceptors (Lipinski definition) is 5. The van der Waals surface area contributed by atoms with E-state index in [0.29, 0.717) is 36.7 Å². The molecule has 7 nitrogen and oxygen atoms in total. The summed E-state index contributed by atoms with van der Waals surface area (Å²) < 4.78 is 5.43. The first-order valence-electron chi connectivity index (χ1n) is 11.4. The van der Waals surface area contributed by atoms with Gasteiger partial charge in [0.05, 0.1) is 24.6 Å². The zero-order chi connectivity index (χ0) is 23.3. The SMILES string of the molecule is O=C(N[C@H]1N=C(c2ccccc2)c2ccccc2NC1=O)c1ccccc1CN1CCOCC1. The highest BCUT2D eigenvalue weighted by atomic mass is 16.5. The fourth-order valence-electron chi connectivity index (χ4n) is 4.26. The van der Waals surface area contributed by atoms with Crippen molar-refractivity contribution in [1.29, 1.82) is 0 Å². The smallest absolute Gasteiger partial charge is 0.269 e. The molecule has 0 radical (unpaired) electrons. The lowest BCUT2D eigenvalue weighted by atomic mass is 10.0. The second-order valence-electron chi connectivity index (χ2n) is 8.30. The van der Waals surface area contributed by atoms with Crippen LogP contribution in [0.5, 0.6) is 0 Å². The van der Waals surface area contributed by atoms with Gasteiger partial charge in [0.1, 0.15) is 0 Å². The molecule has 0 spiro atoms. The van der Waals surface area contributed by atoms with Crippen LogP contribution >= 0.6 is 0 Å². The predicted octanol–water partition coefficient (Wildman–Crippen LogP) is 3.06. The van der Waals surface area contributed by atoms with Gasteiger partial charge >= 0.3 is 0 Å². The summed E-state index contributed by atoms with van der Waals surface area (Å²) in [6.45, 7) is 3.67. The third kappa shape index (κ3) is 4.76. The Kier molecular flexibility index (Phi) is 6.46. The maximum Gasteiger partial charge on any atom is 0.269 e. The number of ether oxygens (including phenoxy) is 1. The van der Waals surface area contributed by atoms with Gasteiger partial charge in [-0.1, -0.05) is 66.7 Å². The van der Waals surface area contributed by atoms with E-state index < -0.39 is 6.17 Å². The molecule has 2 amide bonds. The van der Waals surface area contributed by atoms with Crippen LogP contribution in [0.15, 0.2) is 83.9 Å². The molecule has 0 aromatic heterocycles. The van der Waals surface area contributed by atoms with E-state index >= 15 is 0 Å². The summed E-state index contributed by atoms with van der Waals surface area (Å²) >= 11 is 0. The highest BCUT2D eigenvalue weighted by Gasteiger charge is 2.28. The van der Waals surface area contributed by atoms with Crippen molar-refractivity contribution in [3.05, 3.63) is 101 Å². The standard InChI is InChI=1S/C27H26N4O3/c32-26(21-11-5-4-10-20(21)18-31-14-16-34-17-15-31)30-25-27(33)28-23-13-7-6-12-22(23)24(29-25)19-8-2-1-3-9-19/h1-13,25H,14-18H2,(H,28,33)(H,30,32)/t25-/m1/s1. The Morgan fingerprint density at radius 1 is 0.971 bits per heavy atom. The van der Waals surface area contributed by atoms with Crippen LogP contribution < -0.4 is 10.6 Å². The van der Waals surface area contributed by atoms with Crippen LogP contribution in [0.2, 0.25) is 0 Å². The number of rotatable bonds is 5. The molecule has 0 saturated carbocycles. The van der Waals surface area contributed by atoms with Gasteiger partial charge in [0.2, 0.25) is 6.17 Å². The van der Waals surface area contributed by atoms with Gasteiger partial charge in [0.25, 0.3) is 11.8 Å². The highest BCUT2D eigenvalue weighted by molar-refractivity contribution is 6.20. The number of benzene rings is 3. The molecule has 3 aromatic carbocycles. The summed E-state index contributed by atoms with van der Waals surface area (Å²) in [6.07, 6.45) is -1.06. The maximum atomic E-state index is 13.3. The number of para-hydroxylation sites is 1. The molecule has 1 saturated heterocycles. The first kappa shape index (κ1) is 22.0. The lowest BCUT2D eigenvalue weighted by molar-refractivity contribution is -0.117. The normalized spacial score (nSPS) is 18.3. The lowest BCUT2D eigenvalue weighted by Gasteiger charge is -2.27. The number of amides is 2. The van der Waals surface area contributed by atoms with Crippen molar-refractivity contribution in [2.45, 2.75) is 12.7 Å². The number of nitrogens with zero attached hydrogens (tertiary/aromatic N) is 2. The molecule has 2 aliphatic heterocycles. The lowest BCUT2D eigenvalue weighted by Crippen LogP contribution is -2.43. The molecule has 2 N–H and O–H groups in total. The van der Waals surface area contributed by atoms with Crippen molar-refractivity contribution in [2.75, 3.05) is 31.6 Å². The van der Waals surface area contributed by atoms with Crippen molar-refractivity contribution in [3.63, 3.8) is 0 Å². The van der Waals surface area contributed by atoms with Crippen LogP contribution in [0.1, 0.15) is 27.0 Å². The van der Waals surface area contributed by atoms with Crippen molar-refractivity contribution >= 4 is 23.2 Å². The van der Waals surface area contributed by atoms with Crippen LogP contribution in [0.25, 0.3) is 0 Å². The first-order valence-corrected chi connectivity index (χ1v) is 11.4. The third-order valence-electron chi connectivity index (χ3n) is 6.02. The quantitative estimate of drug-likeness (QED) is 0.621. The van der Waals surface area contributed by atoms with Crippen LogP contribution in [-0.4, -0.2) is 54.9 Å². The molecule has 3 aromatic rings. The van der Waals surface area contributed by atoms with Crippen molar-refractivity contribution in [2.24, 2.45) is 4.99 Å². The van der Waals surface area contributed by atoms with E-state index in [4.69, 9.17) is 9.73 Å². The molecule has 2 heterocycles. The third-order valence-corrected chi connectivity index (χ3v) is 6.02. The fraction of sp³-hybridized carbons (Fsp3) is 0.222. The zero-order valence-electron chi connectivity index (χ0n) is 18.7. The minimum absolute atomic E-state index is 0.328. The Bertz CT molecular complexity index is 1220. The second-order valence-corrected chi connectivity index (χ2v) is 8.30. The van der Waals surface area contributed by atoms with E-state index in [1.807, 2.05) is 72.8 Å². The molecule has 5 rings (SSSR count). The Labute approximate surface area is 198 Å². The van der Waals surface area contributed by atoms with Gasteiger partial charge in [-0.2, -0.15) is 0 Å². The minimum atomic E-state index is -1.06. The van der Waals surface area contributed by atoms with E-state index in [2.05, 4.69) is 15.5 Å². The molecule has 0 aliphatic carbocycles. The number of aliphatic imine (C=N–C) groups is 1. The second kappa shape index (κ2) is 9.99. The Hall–Kier alpha value is -3.81. The van der Waals surface area contributed by atoms with Gasteiger partial charge in [0.15, 0.2) is 0 Å². The Morgan fingerprint density at radius 3 is 2.50 bits per heavy atom. The van der Waals surface area contributed by atoms with E-state index in [0.717, 1.165) is 29.8 Å². The van der Waals surface area contributed by atoms with Crippen molar-refractivity contribution < 1.29 is 14.3 Å². The summed E-state index contributed by atoms with van der Waals surface area (Å²) in [4.78, 5) is 33.4. The number of carbonyl (C=O) groups excluding carboxylic acids is 2. The van der Waals surface area contributed by atoms with Crippen molar-refractivity contribution in [3.8, 4) is 0 Å². The first-order chi connectivity index (χ1) is 16.7. The summed E-state index contributed by atoms with van der Waals surface area (Å²) in [5.41, 5.74) is 4.46. The number of morpholine rings is 1. The molecule has 0 unspecified atom stereocenters. The number of nitrogens with one attached hydrogen (secondary N) is 2. The molecule has 7 heteroatoms. The van der Waals surface area contributed by atoms with Crippen LogP contribution in [0, 0.1) is 0 Å². The fourth-order valence-corrected chi connectivity index (χ4v) is 4.26. The topological polar surface area (TPSA) is 83.0 Å². The molecule has 0 bridgehead atoms. The average Bonchev–Trinajstić information content (AvgIpc) is 3.01. The Morgan fingerprint density at radius 2 is 1.68 bits per heavy atom. The molecule has 172 valence electrons. The summed E-state index contributed by atoms with van der Waals surface area (Å²) in [6, 6.07) is 24.7. The van der Waals surface area contributed by atoms with Gasteiger partial charge < -0.3 is 15.4 Å². The summed E-state index contributed by atoms with van der Waals surface area (Å²) in [5, 5.41) is 5.77. The molecular weight excluding hydrogens is 428 g/mol. The maximum absolute atomic E-state index is 13.3. The van der Waals surface area contributed by atoms with E-state index in [9.17, 15) is 9.59 Å². The average molecular weight is 455 g/mol. The van der Waals surface area contributed by atoms with Crippen LogP contribution in [0.4, 0.5) is 5.69 Å². The summed E-state index contributed by atoms with van der Waals surface area (Å²) in [5.74, 6) is -0.705.